The summed E-state index contributed by atoms with van der Waals surface area (Å²) in [5.41, 5.74) is 0.523. The number of benzene rings is 1. The Kier molecular flexibility index (Phi) is 4.02. The number of ketones is 1. The Morgan fingerprint density at radius 2 is 2.29 bits per heavy atom. The van der Waals surface area contributed by atoms with Crippen LogP contribution in [-0.2, 0) is 7.05 Å². The van der Waals surface area contributed by atoms with E-state index in [0.29, 0.717) is 11.4 Å². The number of nitrogens with zero attached hydrogens (tertiary/aromatic N) is 2. The molecule has 0 fully saturated rings. The molecule has 0 bridgehead atoms. The Morgan fingerprint density at radius 3 is 2.94 bits per heavy atom. The zero-order chi connectivity index (χ0) is 12.3. The summed E-state index contributed by atoms with van der Waals surface area (Å²) in [6.07, 6.45) is 1.77. The van der Waals surface area contributed by atoms with Crippen molar-refractivity contribution in [3.8, 4) is 0 Å². The molecule has 0 unspecified atom stereocenters. The van der Waals surface area contributed by atoms with Gasteiger partial charge in [0.2, 0.25) is 0 Å². The number of Topliss-reactive ketones (excluding diaryl/α,β-unsaturated/α-hetero) is 1. The van der Waals surface area contributed by atoms with E-state index in [-0.39, 0.29) is 5.78 Å². The van der Waals surface area contributed by atoms with Gasteiger partial charge < -0.3 is 0 Å². The summed E-state index contributed by atoms with van der Waals surface area (Å²) in [6, 6.07) is 9.64. The Hall–Kier alpha value is -1.07. The van der Waals surface area contributed by atoms with Crippen molar-refractivity contribution >= 4 is 33.5 Å². The molecule has 0 atom stereocenters. The number of carbonyl (C=O) groups is 1. The molecule has 88 valence electrons. The predicted octanol–water partition coefficient (Wildman–Crippen LogP) is 3.16. The lowest BCUT2D eigenvalue weighted by atomic mass is 10.3. The molecule has 5 heteroatoms. The Balaban J connectivity index is 1.97. The van der Waals surface area contributed by atoms with E-state index < -0.39 is 0 Å². The van der Waals surface area contributed by atoms with Crippen LogP contribution in [0.25, 0.3) is 0 Å². The first-order valence-corrected chi connectivity index (χ1v) is 6.84. The minimum Gasteiger partial charge on any atom is -0.291 e. The molecule has 0 N–H and O–H groups in total. The van der Waals surface area contributed by atoms with E-state index in [0.717, 1.165) is 9.37 Å². The van der Waals surface area contributed by atoms with Crippen molar-refractivity contribution in [3.05, 3.63) is 46.7 Å². The number of halogens is 1. The first kappa shape index (κ1) is 12.4. The molecule has 0 saturated carbocycles. The number of rotatable bonds is 4. The maximum Gasteiger partial charge on any atom is 0.193 e. The largest absolute Gasteiger partial charge is 0.291 e. The van der Waals surface area contributed by atoms with Crippen LogP contribution in [0.15, 0.2) is 45.9 Å². The maximum absolute atomic E-state index is 11.8. The topological polar surface area (TPSA) is 34.9 Å². The van der Waals surface area contributed by atoms with Crippen LogP contribution in [0.3, 0.4) is 0 Å². The summed E-state index contributed by atoms with van der Waals surface area (Å²) in [4.78, 5) is 12.9. The average molecular weight is 311 g/mol. The molecule has 1 heterocycles. The molecule has 1 aromatic heterocycles. The van der Waals surface area contributed by atoms with Gasteiger partial charge in [0.25, 0.3) is 0 Å². The van der Waals surface area contributed by atoms with Crippen molar-refractivity contribution in [2.45, 2.75) is 4.90 Å². The highest BCUT2D eigenvalue weighted by molar-refractivity contribution is 9.10. The van der Waals surface area contributed by atoms with Crippen molar-refractivity contribution in [2.75, 3.05) is 5.75 Å². The van der Waals surface area contributed by atoms with Gasteiger partial charge in [0.1, 0.15) is 5.69 Å². The van der Waals surface area contributed by atoms with Gasteiger partial charge in [-0.25, -0.2) is 0 Å². The molecule has 17 heavy (non-hydrogen) atoms. The zero-order valence-electron chi connectivity index (χ0n) is 9.26. The molecule has 0 spiro atoms. The van der Waals surface area contributed by atoms with Crippen LogP contribution < -0.4 is 0 Å². The molecular weight excluding hydrogens is 300 g/mol. The van der Waals surface area contributed by atoms with Gasteiger partial charge in [0, 0.05) is 22.6 Å². The van der Waals surface area contributed by atoms with Crippen molar-refractivity contribution in [1.29, 1.82) is 0 Å². The van der Waals surface area contributed by atoms with Crippen LogP contribution in [0.1, 0.15) is 10.5 Å². The minimum atomic E-state index is 0.0515. The molecular formula is C12H11BrN2OS. The monoisotopic (exact) mass is 310 g/mol. The second-order valence-electron chi connectivity index (χ2n) is 3.54. The van der Waals surface area contributed by atoms with Crippen molar-refractivity contribution < 1.29 is 4.79 Å². The SMILES string of the molecule is Cn1ccc(C(=O)CSc2cccc(Br)c2)n1. The van der Waals surface area contributed by atoms with Gasteiger partial charge in [-0.15, -0.1) is 11.8 Å². The quantitative estimate of drug-likeness (QED) is 0.642. The first-order valence-electron chi connectivity index (χ1n) is 5.06. The van der Waals surface area contributed by atoms with E-state index in [4.69, 9.17) is 0 Å². The normalized spacial score (nSPS) is 10.5. The van der Waals surface area contributed by atoms with Gasteiger partial charge in [-0.05, 0) is 24.3 Å². The standard InChI is InChI=1S/C12H11BrN2OS/c1-15-6-5-11(14-15)12(16)8-17-10-4-2-3-9(13)7-10/h2-7H,8H2,1H3. The summed E-state index contributed by atoms with van der Waals surface area (Å²) in [5.74, 6) is 0.462. The van der Waals surface area contributed by atoms with E-state index in [2.05, 4.69) is 21.0 Å². The van der Waals surface area contributed by atoms with Gasteiger partial charge in [0.05, 0.1) is 5.75 Å². The number of aromatic nitrogens is 2. The second kappa shape index (κ2) is 5.51. The van der Waals surface area contributed by atoms with Crippen LogP contribution in [0.2, 0.25) is 0 Å². The number of hydrogen-bond acceptors (Lipinski definition) is 3. The molecule has 1 aromatic carbocycles. The number of thioether (sulfide) groups is 1. The summed E-state index contributed by atoms with van der Waals surface area (Å²) in [6.45, 7) is 0. The number of hydrogen-bond donors (Lipinski definition) is 0. The fourth-order valence-electron chi connectivity index (χ4n) is 1.34. The number of aryl methyl sites for hydroxylation is 1. The van der Waals surface area contributed by atoms with Gasteiger partial charge in [-0.2, -0.15) is 5.10 Å². The highest BCUT2D eigenvalue weighted by atomic mass is 79.9. The average Bonchev–Trinajstić information content (AvgIpc) is 2.73. The van der Waals surface area contributed by atoms with Crippen LogP contribution >= 0.6 is 27.7 Å². The van der Waals surface area contributed by atoms with E-state index in [9.17, 15) is 4.79 Å². The van der Waals surface area contributed by atoms with Crippen LogP contribution in [-0.4, -0.2) is 21.3 Å². The van der Waals surface area contributed by atoms with Crippen LogP contribution in [0.4, 0.5) is 0 Å². The van der Waals surface area contributed by atoms with Gasteiger partial charge in [-0.3, -0.25) is 9.48 Å². The van der Waals surface area contributed by atoms with E-state index in [1.54, 1.807) is 24.0 Å². The predicted molar refractivity (Wildman–Crippen MR) is 72.4 cm³/mol. The molecule has 0 aliphatic carbocycles. The highest BCUT2D eigenvalue weighted by Gasteiger charge is 2.09. The molecule has 0 aliphatic rings. The molecule has 2 rings (SSSR count). The highest BCUT2D eigenvalue weighted by Crippen LogP contribution is 2.22. The Morgan fingerprint density at radius 1 is 1.47 bits per heavy atom. The minimum absolute atomic E-state index is 0.0515. The van der Waals surface area contributed by atoms with Crippen LogP contribution in [0, 0.1) is 0 Å². The lowest BCUT2D eigenvalue weighted by Crippen LogP contribution is -2.04. The third kappa shape index (κ3) is 3.44. The lowest BCUT2D eigenvalue weighted by molar-refractivity contribution is 0.101. The lowest BCUT2D eigenvalue weighted by Gasteiger charge is -2.00. The fourth-order valence-corrected chi connectivity index (χ4v) is 2.72. The van der Waals surface area contributed by atoms with Crippen LogP contribution in [0.5, 0.6) is 0 Å². The molecule has 0 saturated heterocycles. The fraction of sp³-hybridized carbons (Fsp3) is 0.167. The Bertz CT molecular complexity index is 539. The van der Waals surface area contributed by atoms with Gasteiger partial charge >= 0.3 is 0 Å². The Labute approximate surface area is 112 Å². The van der Waals surface area contributed by atoms with Gasteiger partial charge in [-0.1, -0.05) is 22.0 Å². The third-order valence-electron chi connectivity index (χ3n) is 2.17. The third-order valence-corrected chi connectivity index (χ3v) is 3.65. The van der Waals surface area contributed by atoms with Gasteiger partial charge in [0.15, 0.2) is 5.78 Å². The molecule has 0 aliphatic heterocycles. The smallest absolute Gasteiger partial charge is 0.193 e. The summed E-state index contributed by atoms with van der Waals surface area (Å²) in [7, 11) is 1.80. The summed E-state index contributed by atoms with van der Waals surface area (Å²) < 4.78 is 2.66. The first-order chi connectivity index (χ1) is 8.15. The van der Waals surface area contributed by atoms with Crippen molar-refractivity contribution in [3.63, 3.8) is 0 Å². The van der Waals surface area contributed by atoms with Crippen molar-refractivity contribution in [2.24, 2.45) is 7.05 Å². The molecule has 0 amide bonds. The summed E-state index contributed by atoms with van der Waals surface area (Å²) in [5, 5.41) is 4.08. The summed E-state index contributed by atoms with van der Waals surface area (Å²) >= 11 is 4.92. The molecule has 2 aromatic rings. The maximum atomic E-state index is 11.8. The molecule has 3 nitrogen and oxygen atoms in total. The van der Waals surface area contributed by atoms with E-state index in [1.165, 1.54) is 11.8 Å². The molecule has 0 radical (unpaired) electrons. The van der Waals surface area contributed by atoms with E-state index >= 15 is 0 Å². The zero-order valence-corrected chi connectivity index (χ0v) is 11.7. The number of carbonyl (C=O) groups excluding carboxylic acids is 1. The van der Waals surface area contributed by atoms with Crippen molar-refractivity contribution in [1.82, 2.24) is 9.78 Å². The van der Waals surface area contributed by atoms with E-state index in [1.807, 2.05) is 24.3 Å². The second-order valence-corrected chi connectivity index (χ2v) is 5.51.